The number of amides is 2. The molecule has 2 amide bonds. The van der Waals surface area contributed by atoms with E-state index in [1.807, 2.05) is 6.92 Å². The van der Waals surface area contributed by atoms with Crippen molar-refractivity contribution in [2.24, 2.45) is 0 Å². The van der Waals surface area contributed by atoms with Crippen LogP contribution < -0.4 is 20.1 Å². The molecule has 2 heterocycles. The van der Waals surface area contributed by atoms with Gasteiger partial charge in [0, 0.05) is 11.8 Å². The highest BCUT2D eigenvalue weighted by atomic mass is 16.5. The normalized spacial score (nSPS) is 10.3. The van der Waals surface area contributed by atoms with E-state index >= 15 is 0 Å². The van der Waals surface area contributed by atoms with Gasteiger partial charge in [-0.25, -0.2) is 4.79 Å². The molecule has 8 nitrogen and oxygen atoms in total. The van der Waals surface area contributed by atoms with Gasteiger partial charge < -0.3 is 24.5 Å². The number of urea groups is 1. The maximum absolute atomic E-state index is 11.9. The largest absolute Gasteiger partial charge is 0.494 e. The Morgan fingerprint density at radius 2 is 1.93 bits per heavy atom. The Morgan fingerprint density at radius 3 is 2.59 bits per heavy atom. The zero-order valence-electron chi connectivity index (χ0n) is 14.8. The molecule has 0 aliphatic rings. The number of anilines is 1. The highest BCUT2D eigenvalue weighted by Gasteiger charge is 2.05. The van der Waals surface area contributed by atoms with Crippen LogP contribution in [0.15, 0.2) is 59.2 Å². The number of nitrogens with zero attached hydrogens (tertiary/aromatic N) is 2. The van der Waals surface area contributed by atoms with Gasteiger partial charge in [-0.2, -0.15) is 0 Å². The smallest absolute Gasteiger partial charge is 0.319 e. The minimum absolute atomic E-state index is 0.269. The average molecular weight is 368 g/mol. The molecule has 0 saturated heterocycles. The molecule has 0 aliphatic heterocycles. The zero-order valence-corrected chi connectivity index (χ0v) is 14.8. The molecule has 0 bridgehead atoms. The third-order valence-corrected chi connectivity index (χ3v) is 3.47. The lowest BCUT2D eigenvalue weighted by Crippen LogP contribution is -2.32. The van der Waals surface area contributed by atoms with Crippen LogP contribution in [0.5, 0.6) is 11.6 Å². The van der Waals surface area contributed by atoms with Crippen LogP contribution >= 0.6 is 0 Å². The molecule has 8 heteroatoms. The molecule has 140 valence electrons. The van der Waals surface area contributed by atoms with E-state index in [9.17, 15) is 4.79 Å². The summed E-state index contributed by atoms with van der Waals surface area (Å²) in [6.45, 7) is 3.11. The number of hydrogen-bond donors (Lipinski definition) is 2. The van der Waals surface area contributed by atoms with Gasteiger partial charge in [0.2, 0.25) is 5.88 Å². The Kier molecular flexibility index (Phi) is 6.24. The molecule has 0 atom stereocenters. The maximum Gasteiger partial charge on any atom is 0.319 e. The molecule has 0 spiro atoms. The second-order valence-corrected chi connectivity index (χ2v) is 5.42. The van der Waals surface area contributed by atoms with Crippen LogP contribution in [-0.2, 0) is 0 Å². The third-order valence-electron chi connectivity index (χ3n) is 3.47. The highest BCUT2D eigenvalue weighted by molar-refractivity contribution is 5.89. The van der Waals surface area contributed by atoms with Crippen molar-refractivity contribution in [1.29, 1.82) is 0 Å². The van der Waals surface area contributed by atoms with Crippen molar-refractivity contribution in [2.75, 3.05) is 25.1 Å². The molecule has 1 aromatic carbocycles. The molecule has 2 N–H and O–H groups in total. The molecule has 3 aromatic rings. The van der Waals surface area contributed by atoms with Crippen molar-refractivity contribution >= 4 is 11.7 Å². The summed E-state index contributed by atoms with van der Waals surface area (Å²) in [4.78, 5) is 11.9. The second kappa shape index (κ2) is 9.23. The van der Waals surface area contributed by atoms with Gasteiger partial charge in [0.1, 0.15) is 18.1 Å². The lowest BCUT2D eigenvalue weighted by atomic mass is 10.3. The van der Waals surface area contributed by atoms with Crippen LogP contribution in [0.1, 0.15) is 6.92 Å². The molecular formula is C19H20N4O4. The van der Waals surface area contributed by atoms with Gasteiger partial charge >= 0.3 is 6.03 Å². The van der Waals surface area contributed by atoms with Crippen LogP contribution in [0.4, 0.5) is 10.5 Å². The van der Waals surface area contributed by atoms with E-state index in [4.69, 9.17) is 13.9 Å². The minimum atomic E-state index is -0.318. The first-order chi connectivity index (χ1) is 13.2. The summed E-state index contributed by atoms with van der Waals surface area (Å²) in [6.07, 6.45) is 1.57. The molecule has 0 aliphatic carbocycles. The Hall–Kier alpha value is -3.55. The summed E-state index contributed by atoms with van der Waals surface area (Å²) in [6, 6.07) is 13.9. The number of nitrogens with one attached hydrogen (secondary N) is 2. The quantitative estimate of drug-likeness (QED) is 0.592. The topological polar surface area (TPSA) is 98.5 Å². The fraction of sp³-hybridized carbons (Fsp3) is 0.211. The van der Waals surface area contributed by atoms with Gasteiger partial charge in [0.15, 0.2) is 5.76 Å². The maximum atomic E-state index is 11.9. The Morgan fingerprint density at radius 1 is 1.07 bits per heavy atom. The summed E-state index contributed by atoms with van der Waals surface area (Å²) in [5.74, 6) is 1.77. The van der Waals surface area contributed by atoms with E-state index in [1.165, 1.54) is 0 Å². The molecule has 3 rings (SSSR count). The predicted molar refractivity (Wildman–Crippen MR) is 99.9 cm³/mol. The first-order valence-electron chi connectivity index (χ1n) is 8.52. The number of aromatic nitrogens is 2. The minimum Gasteiger partial charge on any atom is -0.494 e. The highest BCUT2D eigenvalue weighted by Crippen LogP contribution is 2.18. The predicted octanol–water partition coefficient (Wildman–Crippen LogP) is 3.34. The molecule has 0 radical (unpaired) electrons. The van der Waals surface area contributed by atoms with Crippen molar-refractivity contribution in [1.82, 2.24) is 15.5 Å². The molecule has 0 unspecified atom stereocenters. The fourth-order valence-electron chi connectivity index (χ4n) is 2.25. The van der Waals surface area contributed by atoms with Crippen molar-refractivity contribution < 1.29 is 18.7 Å². The van der Waals surface area contributed by atoms with Crippen molar-refractivity contribution in [3.05, 3.63) is 54.8 Å². The monoisotopic (exact) mass is 368 g/mol. The van der Waals surface area contributed by atoms with Gasteiger partial charge in [0.05, 0.1) is 19.4 Å². The summed E-state index contributed by atoms with van der Waals surface area (Å²) < 4.78 is 16.1. The summed E-state index contributed by atoms with van der Waals surface area (Å²) in [5, 5.41) is 13.4. The molecule has 2 aromatic heterocycles. The van der Waals surface area contributed by atoms with Crippen LogP contribution in [0.2, 0.25) is 0 Å². The standard InChI is InChI=1S/C19H20N4O4/c1-2-25-15-7-5-14(6-8-15)21-19(24)20-11-13-27-18-10-9-16(22-23-18)17-4-3-12-26-17/h3-10,12H,2,11,13H2,1H3,(H2,20,21,24). The van der Waals surface area contributed by atoms with Crippen LogP contribution in [0, 0.1) is 0 Å². The van der Waals surface area contributed by atoms with Gasteiger partial charge in [-0.3, -0.25) is 0 Å². The molecule has 0 fully saturated rings. The van der Waals surface area contributed by atoms with Crippen LogP contribution in [-0.4, -0.2) is 36.0 Å². The lowest BCUT2D eigenvalue weighted by Gasteiger charge is -2.09. The van der Waals surface area contributed by atoms with Gasteiger partial charge in [-0.05, 0) is 49.4 Å². The van der Waals surface area contributed by atoms with E-state index in [2.05, 4.69) is 20.8 Å². The van der Waals surface area contributed by atoms with Crippen LogP contribution in [0.25, 0.3) is 11.5 Å². The number of rotatable bonds is 8. The number of carbonyl (C=O) groups excluding carboxylic acids is 1. The summed E-state index contributed by atoms with van der Waals surface area (Å²) >= 11 is 0. The number of hydrogen-bond acceptors (Lipinski definition) is 6. The third kappa shape index (κ3) is 5.46. The lowest BCUT2D eigenvalue weighted by molar-refractivity contribution is 0.246. The van der Waals surface area contributed by atoms with E-state index in [-0.39, 0.29) is 12.6 Å². The number of ether oxygens (including phenoxy) is 2. The number of benzene rings is 1. The van der Waals surface area contributed by atoms with Crippen molar-refractivity contribution in [3.8, 4) is 23.1 Å². The van der Waals surface area contributed by atoms with Gasteiger partial charge in [-0.15, -0.1) is 10.2 Å². The van der Waals surface area contributed by atoms with Gasteiger partial charge in [-0.1, -0.05) is 0 Å². The van der Waals surface area contributed by atoms with E-state index in [0.717, 1.165) is 5.75 Å². The first kappa shape index (κ1) is 18.2. The Labute approximate surface area is 156 Å². The van der Waals surface area contributed by atoms with E-state index in [1.54, 1.807) is 54.8 Å². The van der Waals surface area contributed by atoms with Crippen molar-refractivity contribution in [2.45, 2.75) is 6.92 Å². The Bertz CT molecular complexity index is 833. The number of furan rings is 1. The SMILES string of the molecule is CCOc1ccc(NC(=O)NCCOc2ccc(-c3ccco3)nn2)cc1. The summed E-state index contributed by atoms with van der Waals surface area (Å²) in [5.41, 5.74) is 1.30. The average Bonchev–Trinajstić information content (AvgIpc) is 3.22. The Balaban J connectivity index is 1.37. The van der Waals surface area contributed by atoms with E-state index in [0.29, 0.717) is 36.2 Å². The fourth-order valence-corrected chi connectivity index (χ4v) is 2.25. The first-order valence-corrected chi connectivity index (χ1v) is 8.52. The molecule has 0 saturated carbocycles. The van der Waals surface area contributed by atoms with Crippen molar-refractivity contribution in [3.63, 3.8) is 0 Å². The second-order valence-electron chi connectivity index (χ2n) is 5.42. The van der Waals surface area contributed by atoms with E-state index < -0.39 is 0 Å². The zero-order chi connectivity index (χ0) is 18.9. The van der Waals surface area contributed by atoms with Gasteiger partial charge in [0.25, 0.3) is 0 Å². The van der Waals surface area contributed by atoms with Crippen LogP contribution in [0.3, 0.4) is 0 Å². The summed E-state index contributed by atoms with van der Waals surface area (Å²) in [7, 11) is 0. The number of carbonyl (C=O) groups is 1. The molecule has 27 heavy (non-hydrogen) atoms. The molecular weight excluding hydrogens is 348 g/mol.